The molecule has 22 heavy (non-hydrogen) atoms. The van der Waals surface area contributed by atoms with E-state index in [4.69, 9.17) is 0 Å². The highest BCUT2D eigenvalue weighted by molar-refractivity contribution is 8.00. The van der Waals surface area contributed by atoms with Gasteiger partial charge in [0.15, 0.2) is 22.6 Å². The summed E-state index contributed by atoms with van der Waals surface area (Å²) in [6.45, 7) is 4.04. The summed E-state index contributed by atoms with van der Waals surface area (Å²) in [5.74, 6) is -2.42. The van der Waals surface area contributed by atoms with Crippen LogP contribution in [-0.4, -0.2) is 25.8 Å². The van der Waals surface area contributed by atoms with E-state index < -0.39 is 16.9 Å². The van der Waals surface area contributed by atoms with E-state index in [1.165, 1.54) is 10.6 Å². The summed E-state index contributed by atoms with van der Waals surface area (Å²) in [4.78, 5) is 23.8. The molecule has 1 atom stereocenters. The largest absolute Gasteiger partial charge is 0.343 e. The van der Waals surface area contributed by atoms with Crippen molar-refractivity contribution in [3.63, 3.8) is 0 Å². The molecule has 0 fully saturated rings. The Hall–Kier alpha value is -1.96. The van der Waals surface area contributed by atoms with Crippen LogP contribution < -0.4 is 5.69 Å². The van der Waals surface area contributed by atoms with E-state index in [2.05, 4.69) is 10.2 Å². The van der Waals surface area contributed by atoms with Crippen LogP contribution in [0.2, 0.25) is 0 Å². The fourth-order valence-corrected chi connectivity index (χ4v) is 2.87. The SMILES string of the molecule is CCCn1c(S[C@@H](C)C(=O)c2ccc(F)c(F)c2)n[nH]c1=O. The molecule has 0 spiro atoms. The molecule has 5 nitrogen and oxygen atoms in total. The van der Waals surface area contributed by atoms with Crippen molar-refractivity contribution >= 4 is 17.5 Å². The van der Waals surface area contributed by atoms with E-state index in [1.807, 2.05) is 6.92 Å². The second-order valence-corrected chi connectivity index (χ2v) is 6.02. The van der Waals surface area contributed by atoms with Crippen molar-refractivity contribution in [2.24, 2.45) is 0 Å². The normalized spacial score (nSPS) is 12.4. The number of H-pyrrole nitrogens is 1. The zero-order valence-corrected chi connectivity index (χ0v) is 12.9. The molecule has 0 saturated carbocycles. The van der Waals surface area contributed by atoms with Gasteiger partial charge in [-0.25, -0.2) is 18.7 Å². The summed E-state index contributed by atoms with van der Waals surface area (Å²) in [6, 6.07) is 3.03. The Labute approximate surface area is 129 Å². The third-order valence-electron chi connectivity index (χ3n) is 3.03. The van der Waals surface area contributed by atoms with Crippen LogP contribution in [0.25, 0.3) is 0 Å². The van der Waals surface area contributed by atoms with Gasteiger partial charge in [-0.05, 0) is 31.5 Å². The number of hydrogen-bond acceptors (Lipinski definition) is 4. The van der Waals surface area contributed by atoms with Crippen molar-refractivity contribution in [2.45, 2.75) is 37.2 Å². The number of nitrogens with zero attached hydrogens (tertiary/aromatic N) is 2. The lowest BCUT2D eigenvalue weighted by Crippen LogP contribution is -2.19. The molecule has 1 aromatic heterocycles. The van der Waals surface area contributed by atoms with Gasteiger partial charge in [0, 0.05) is 12.1 Å². The topological polar surface area (TPSA) is 67.8 Å². The van der Waals surface area contributed by atoms with E-state index in [9.17, 15) is 18.4 Å². The van der Waals surface area contributed by atoms with Gasteiger partial charge in [0.25, 0.3) is 0 Å². The van der Waals surface area contributed by atoms with Gasteiger partial charge in [0.2, 0.25) is 0 Å². The van der Waals surface area contributed by atoms with Gasteiger partial charge >= 0.3 is 5.69 Å². The highest BCUT2D eigenvalue weighted by atomic mass is 32.2. The highest BCUT2D eigenvalue weighted by Gasteiger charge is 2.21. The van der Waals surface area contributed by atoms with Crippen LogP contribution in [0.15, 0.2) is 28.2 Å². The summed E-state index contributed by atoms with van der Waals surface area (Å²) in [6.07, 6.45) is 0.749. The number of nitrogens with one attached hydrogen (secondary N) is 1. The fraction of sp³-hybridized carbons (Fsp3) is 0.357. The maximum atomic E-state index is 13.2. The van der Waals surface area contributed by atoms with Crippen molar-refractivity contribution in [2.75, 3.05) is 0 Å². The molecule has 1 heterocycles. The summed E-state index contributed by atoms with van der Waals surface area (Å²) in [7, 11) is 0. The van der Waals surface area contributed by atoms with Crippen LogP contribution >= 0.6 is 11.8 Å². The van der Waals surface area contributed by atoms with Crippen LogP contribution in [0.5, 0.6) is 0 Å². The van der Waals surface area contributed by atoms with Gasteiger partial charge in [-0.15, -0.1) is 5.10 Å². The zero-order valence-electron chi connectivity index (χ0n) is 12.1. The molecule has 0 bridgehead atoms. The number of aromatic amines is 1. The van der Waals surface area contributed by atoms with Crippen LogP contribution in [0.4, 0.5) is 8.78 Å². The van der Waals surface area contributed by atoms with Crippen LogP contribution in [0, 0.1) is 11.6 Å². The first kappa shape index (κ1) is 16.4. The van der Waals surface area contributed by atoms with Crippen molar-refractivity contribution in [1.82, 2.24) is 14.8 Å². The number of carbonyl (C=O) groups excluding carboxylic acids is 1. The van der Waals surface area contributed by atoms with E-state index in [0.29, 0.717) is 11.7 Å². The summed E-state index contributed by atoms with van der Waals surface area (Å²) in [5, 5.41) is 6.03. The molecule has 0 unspecified atom stereocenters. The Morgan fingerprint density at radius 2 is 2.14 bits per heavy atom. The van der Waals surface area contributed by atoms with Crippen molar-refractivity contribution in [3.05, 3.63) is 45.9 Å². The van der Waals surface area contributed by atoms with E-state index in [1.54, 1.807) is 6.92 Å². The van der Waals surface area contributed by atoms with Gasteiger partial charge in [0.05, 0.1) is 5.25 Å². The fourth-order valence-electron chi connectivity index (χ4n) is 1.91. The Bertz CT molecular complexity index is 742. The maximum absolute atomic E-state index is 13.2. The summed E-state index contributed by atoms with van der Waals surface area (Å²) < 4.78 is 27.6. The smallest absolute Gasteiger partial charge is 0.293 e. The van der Waals surface area contributed by atoms with Gasteiger partial charge in [-0.1, -0.05) is 18.7 Å². The first-order valence-corrected chi connectivity index (χ1v) is 7.63. The van der Waals surface area contributed by atoms with Gasteiger partial charge in [0.1, 0.15) is 0 Å². The number of ketones is 1. The van der Waals surface area contributed by atoms with E-state index >= 15 is 0 Å². The van der Waals surface area contributed by atoms with Crippen molar-refractivity contribution < 1.29 is 13.6 Å². The first-order chi connectivity index (χ1) is 10.4. The summed E-state index contributed by atoms with van der Waals surface area (Å²) >= 11 is 1.10. The molecule has 0 radical (unpaired) electrons. The second-order valence-electron chi connectivity index (χ2n) is 4.72. The number of hydrogen-bond donors (Lipinski definition) is 1. The van der Waals surface area contributed by atoms with Crippen LogP contribution in [-0.2, 0) is 6.54 Å². The molecule has 2 aromatic rings. The number of aromatic nitrogens is 3. The van der Waals surface area contributed by atoms with Gasteiger partial charge < -0.3 is 0 Å². The Balaban J connectivity index is 2.18. The number of halogens is 2. The molecule has 0 aliphatic heterocycles. The lowest BCUT2D eigenvalue weighted by Gasteiger charge is -2.10. The molecule has 0 aliphatic carbocycles. The molecule has 0 amide bonds. The van der Waals surface area contributed by atoms with Gasteiger partial charge in [-0.2, -0.15) is 0 Å². The van der Waals surface area contributed by atoms with Crippen LogP contribution in [0.3, 0.4) is 0 Å². The Morgan fingerprint density at radius 3 is 2.77 bits per heavy atom. The predicted octanol–water partition coefficient (Wildman–Crippen LogP) is 2.62. The molecule has 8 heteroatoms. The van der Waals surface area contributed by atoms with E-state index in [0.717, 1.165) is 30.3 Å². The molecule has 1 N–H and O–H groups in total. The van der Waals surface area contributed by atoms with Crippen molar-refractivity contribution in [1.29, 1.82) is 0 Å². The third-order valence-corrected chi connectivity index (χ3v) is 4.12. The Morgan fingerprint density at radius 1 is 1.41 bits per heavy atom. The number of Topliss-reactive ketones (excluding diaryl/α,β-unsaturated/α-hetero) is 1. The molecule has 118 valence electrons. The minimum absolute atomic E-state index is 0.0822. The number of carbonyl (C=O) groups is 1. The molecular weight excluding hydrogens is 312 g/mol. The first-order valence-electron chi connectivity index (χ1n) is 6.75. The molecule has 0 aliphatic rings. The highest BCUT2D eigenvalue weighted by Crippen LogP contribution is 2.23. The third kappa shape index (κ3) is 3.44. The number of thioether (sulfide) groups is 1. The predicted molar refractivity (Wildman–Crippen MR) is 79.1 cm³/mol. The lowest BCUT2D eigenvalue weighted by molar-refractivity contribution is 0.0993. The number of rotatable bonds is 6. The quantitative estimate of drug-likeness (QED) is 0.654. The van der Waals surface area contributed by atoms with Gasteiger partial charge in [-0.3, -0.25) is 9.36 Å². The second kappa shape index (κ2) is 6.87. The monoisotopic (exact) mass is 327 g/mol. The maximum Gasteiger partial charge on any atom is 0.343 e. The van der Waals surface area contributed by atoms with E-state index in [-0.39, 0.29) is 17.0 Å². The number of benzene rings is 1. The molecule has 2 rings (SSSR count). The Kier molecular flexibility index (Phi) is 5.12. The average Bonchev–Trinajstić information content (AvgIpc) is 2.82. The standard InChI is InChI=1S/C14H15F2N3O2S/c1-3-6-19-13(21)17-18-14(19)22-8(2)12(20)9-4-5-10(15)11(16)7-9/h4-5,7-8H,3,6H2,1-2H3,(H,17,21)/t8-/m0/s1. The van der Waals surface area contributed by atoms with Crippen LogP contribution in [0.1, 0.15) is 30.6 Å². The van der Waals surface area contributed by atoms with Crippen molar-refractivity contribution in [3.8, 4) is 0 Å². The average molecular weight is 327 g/mol. The molecule has 1 aromatic carbocycles. The zero-order chi connectivity index (χ0) is 16.3. The summed E-state index contributed by atoms with van der Waals surface area (Å²) in [5.41, 5.74) is -0.254. The molecule has 0 saturated heterocycles. The lowest BCUT2D eigenvalue weighted by atomic mass is 10.1. The molecular formula is C14H15F2N3O2S. The minimum atomic E-state index is -1.06. The minimum Gasteiger partial charge on any atom is -0.293 e.